The van der Waals surface area contributed by atoms with Crippen LogP contribution in [0.15, 0.2) is 23.1 Å². The number of nitrogens with one attached hydrogen (secondary N) is 1. The Morgan fingerprint density at radius 2 is 1.83 bits per heavy atom. The van der Waals surface area contributed by atoms with Gasteiger partial charge in [0, 0.05) is 13.1 Å². The van der Waals surface area contributed by atoms with Crippen LogP contribution in [0.25, 0.3) is 0 Å². The normalized spacial score (nSPS) is 14.0. The van der Waals surface area contributed by atoms with Crippen LogP contribution in [-0.4, -0.2) is 40.0 Å². The van der Waals surface area contributed by atoms with Crippen molar-refractivity contribution in [3.05, 3.63) is 24.0 Å². The van der Waals surface area contributed by atoms with Gasteiger partial charge in [0.15, 0.2) is 0 Å². The van der Waals surface area contributed by atoms with E-state index in [2.05, 4.69) is 4.72 Å². The molecule has 132 valence electrons. The molecule has 0 saturated heterocycles. The Balaban J connectivity index is 3.14. The summed E-state index contributed by atoms with van der Waals surface area (Å²) < 4.78 is 65.2. The lowest BCUT2D eigenvalue weighted by Crippen LogP contribution is -2.35. The molecule has 23 heavy (non-hydrogen) atoms. The second-order valence-corrected chi connectivity index (χ2v) is 9.31. The van der Waals surface area contributed by atoms with Gasteiger partial charge in [-0.3, -0.25) is 4.72 Å². The van der Waals surface area contributed by atoms with E-state index in [9.17, 15) is 21.2 Å². The molecular formula is C14H23FN2O4S2. The highest BCUT2D eigenvalue weighted by atomic mass is 32.2. The molecule has 0 bridgehead atoms. The highest BCUT2D eigenvalue weighted by Crippen LogP contribution is 2.23. The van der Waals surface area contributed by atoms with Crippen molar-refractivity contribution in [3.63, 3.8) is 0 Å². The summed E-state index contributed by atoms with van der Waals surface area (Å²) in [5, 5.41) is 0. The summed E-state index contributed by atoms with van der Waals surface area (Å²) in [4.78, 5) is -0.208. The Hall–Kier alpha value is -1.19. The van der Waals surface area contributed by atoms with Crippen LogP contribution in [0.1, 0.15) is 33.6 Å². The standard InChI is InChI=1S/C14H23FN2O4S2/c1-5-7-11(3)17(4)23(20,21)12-8-9-14(13(15)10-12)16-22(18,19)6-2/h8-11,16H,5-7H2,1-4H3. The largest absolute Gasteiger partial charge is 0.281 e. The van der Waals surface area contributed by atoms with E-state index in [1.54, 1.807) is 6.92 Å². The van der Waals surface area contributed by atoms with Crippen molar-refractivity contribution in [1.82, 2.24) is 4.31 Å². The molecule has 0 spiro atoms. The summed E-state index contributed by atoms with van der Waals surface area (Å²) in [7, 11) is -6.02. The molecule has 0 fully saturated rings. The number of rotatable bonds is 8. The quantitative estimate of drug-likeness (QED) is 0.766. The minimum atomic E-state index is -3.83. The van der Waals surface area contributed by atoms with Crippen LogP contribution < -0.4 is 4.72 Å². The molecule has 1 rings (SSSR count). The Morgan fingerprint density at radius 1 is 1.22 bits per heavy atom. The van der Waals surface area contributed by atoms with E-state index in [1.807, 2.05) is 6.92 Å². The summed E-state index contributed by atoms with van der Waals surface area (Å²) in [6.45, 7) is 5.15. The molecule has 9 heteroatoms. The fourth-order valence-electron chi connectivity index (χ4n) is 1.98. The van der Waals surface area contributed by atoms with Gasteiger partial charge in [0.05, 0.1) is 16.3 Å². The first-order valence-corrected chi connectivity index (χ1v) is 10.4. The monoisotopic (exact) mass is 366 g/mol. The van der Waals surface area contributed by atoms with Crippen LogP contribution in [0, 0.1) is 5.82 Å². The van der Waals surface area contributed by atoms with E-state index in [0.717, 1.165) is 18.6 Å². The molecule has 1 aromatic rings. The third-order valence-corrected chi connectivity index (χ3v) is 6.85. The van der Waals surface area contributed by atoms with Gasteiger partial charge in [-0.2, -0.15) is 4.31 Å². The van der Waals surface area contributed by atoms with Crippen molar-refractivity contribution >= 4 is 25.7 Å². The fraction of sp³-hybridized carbons (Fsp3) is 0.571. The lowest BCUT2D eigenvalue weighted by Gasteiger charge is -2.24. The first-order valence-electron chi connectivity index (χ1n) is 7.33. The minimum Gasteiger partial charge on any atom is -0.281 e. The zero-order chi connectivity index (χ0) is 17.8. The molecular weight excluding hydrogens is 343 g/mol. The third kappa shape index (κ3) is 4.89. The average Bonchev–Trinajstić information content (AvgIpc) is 2.48. The zero-order valence-electron chi connectivity index (χ0n) is 13.7. The zero-order valence-corrected chi connectivity index (χ0v) is 15.3. The van der Waals surface area contributed by atoms with Crippen molar-refractivity contribution < 1.29 is 21.2 Å². The Labute approximate surface area is 137 Å². The first kappa shape index (κ1) is 19.9. The van der Waals surface area contributed by atoms with Gasteiger partial charge in [-0.15, -0.1) is 0 Å². The predicted octanol–water partition coefficient (Wildman–Crippen LogP) is 2.40. The summed E-state index contributed by atoms with van der Waals surface area (Å²) in [5.74, 6) is -1.14. The van der Waals surface area contributed by atoms with Gasteiger partial charge in [-0.05, 0) is 38.5 Å². The maximum Gasteiger partial charge on any atom is 0.243 e. The summed E-state index contributed by atoms with van der Waals surface area (Å²) in [6.07, 6.45) is 1.51. The maximum absolute atomic E-state index is 14.0. The van der Waals surface area contributed by atoms with Crippen LogP contribution in [0.2, 0.25) is 0 Å². The molecule has 1 aromatic carbocycles. The first-order chi connectivity index (χ1) is 10.5. The second-order valence-electron chi connectivity index (χ2n) is 5.31. The topological polar surface area (TPSA) is 83.6 Å². The van der Waals surface area contributed by atoms with Crippen molar-refractivity contribution in [1.29, 1.82) is 0 Å². The molecule has 0 aliphatic rings. The Morgan fingerprint density at radius 3 is 2.30 bits per heavy atom. The van der Waals surface area contributed by atoms with Crippen molar-refractivity contribution in [2.24, 2.45) is 0 Å². The van der Waals surface area contributed by atoms with Crippen molar-refractivity contribution in [3.8, 4) is 0 Å². The van der Waals surface area contributed by atoms with Gasteiger partial charge < -0.3 is 0 Å². The Bertz CT molecular complexity index is 748. The van der Waals surface area contributed by atoms with E-state index >= 15 is 0 Å². The number of halogens is 1. The predicted molar refractivity (Wildman–Crippen MR) is 88.8 cm³/mol. The van der Waals surface area contributed by atoms with Crippen LogP contribution in [-0.2, 0) is 20.0 Å². The molecule has 0 aliphatic carbocycles. The van der Waals surface area contributed by atoms with Crippen LogP contribution >= 0.6 is 0 Å². The molecule has 1 N–H and O–H groups in total. The smallest absolute Gasteiger partial charge is 0.243 e. The highest BCUT2D eigenvalue weighted by molar-refractivity contribution is 7.92. The van der Waals surface area contributed by atoms with Gasteiger partial charge in [-0.25, -0.2) is 21.2 Å². The molecule has 0 aliphatic heterocycles. The number of anilines is 1. The molecule has 0 amide bonds. The van der Waals surface area contributed by atoms with Gasteiger partial charge in [-0.1, -0.05) is 13.3 Å². The average molecular weight is 366 g/mol. The summed E-state index contributed by atoms with van der Waals surface area (Å²) >= 11 is 0. The second kappa shape index (κ2) is 7.59. The highest BCUT2D eigenvalue weighted by Gasteiger charge is 2.26. The van der Waals surface area contributed by atoms with Gasteiger partial charge in [0.2, 0.25) is 20.0 Å². The molecule has 0 heterocycles. The van der Waals surface area contributed by atoms with E-state index < -0.39 is 25.9 Å². The molecule has 0 saturated carbocycles. The molecule has 1 atom stereocenters. The lowest BCUT2D eigenvalue weighted by molar-refractivity contribution is 0.368. The van der Waals surface area contributed by atoms with Crippen molar-refractivity contribution in [2.75, 3.05) is 17.5 Å². The third-order valence-electron chi connectivity index (χ3n) is 3.59. The van der Waals surface area contributed by atoms with Gasteiger partial charge in [0.25, 0.3) is 0 Å². The van der Waals surface area contributed by atoms with E-state index in [4.69, 9.17) is 0 Å². The van der Waals surface area contributed by atoms with Gasteiger partial charge in [0.1, 0.15) is 5.82 Å². The molecule has 1 unspecified atom stereocenters. The van der Waals surface area contributed by atoms with Crippen LogP contribution in [0.4, 0.5) is 10.1 Å². The van der Waals surface area contributed by atoms with Crippen LogP contribution in [0.3, 0.4) is 0 Å². The summed E-state index contributed by atoms with van der Waals surface area (Å²) in [6, 6.07) is 2.93. The molecule has 6 nitrogen and oxygen atoms in total. The molecule has 0 aromatic heterocycles. The lowest BCUT2D eigenvalue weighted by atomic mass is 10.2. The fourth-order valence-corrected chi connectivity index (χ4v) is 4.03. The van der Waals surface area contributed by atoms with E-state index in [-0.39, 0.29) is 22.4 Å². The number of benzene rings is 1. The van der Waals surface area contributed by atoms with E-state index in [0.29, 0.717) is 6.42 Å². The molecule has 0 radical (unpaired) electrons. The van der Waals surface area contributed by atoms with Crippen molar-refractivity contribution in [2.45, 2.75) is 44.6 Å². The SMILES string of the molecule is CCCC(C)N(C)S(=O)(=O)c1ccc(NS(=O)(=O)CC)c(F)c1. The number of nitrogens with zero attached hydrogens (tertiary/aromatic N) is 1. The van der Waals surface area contributed by atoms with Crippen LogP contribution in [0.5, 0.6) is 0 Å². The number of hydrogen-bond acceptors (Lipinski definition) is 4. The maximum atomic E-state index is 14.0. The summed E-state index contributed by atoms with van der Waals surface area (Å²) in [5.41, 5.74) is -0.268. The Kier molecular flexibility index (Phi) is 6.55. The van der Waals surface area contributed by atoms with E-state index in [1.165, 1.54) is 24.3 Å². The van der Waals surface area contributed by atoms with Gasteiger partial charge >= 0.3 is 0 Å². The number of sulfonamides is 2. The number of hydrogen-bond donors (Lipinski definition) is 1. The minimum absolute atomic E-state index is 0.205.